The van der Waals surface area contributed by atoms with E-state index in [-0.39, 0.29) is 12.2 Å². The summed E-state index contributed by atoms with van der Waals surface area (Å²) in [7, 11) is 0. The van der Waals surface area contributed by atoms with Gasteiger partial charge in [0, 0.05) is 34.4 Å². The number of nitrogens with zero attached hydrogens (tertiary/aromatic N) is 1. The van der Waals surface area contributed by atoms with Crippen LogP contribution in [0, 0.1) is 17.0 Å². The zero-order valence-corrected chi connectivity index (χ0v) is 12.2. The van der Waals surface area contributed by atoms with Crippen LogP contribution in [-0.4, -0.2) is 16.6 Å². The average molecular weight is 307 g/mol. The highest BCUT2D eigenvalue weighted by atomic mass is 35.5. The first kappa shape index (κ1) is 15.3. The fourth-order valence-electron chi connectivity index (χ4n) is 2.04. The second kappa shape index (κ2) is 6.56. The van der Waals surface area contributed by atoms with E-state index in [1.807, 2.05) is 0 Å². The molecule has 0 fully saturated rings. The van der Waals surface area contributed by atoms with E-state index in [0.29, 0.717) is 21.8 Å². The largest absolute Gasteiger partial charge is 0.387 e. The van der Waals surface area contributed by atoms with Crippen molar-refractivity contribution in [1.82, 2.24) is 0 Å². The number of benzene rings is 2. The van der Waals surface area contributed by atoms with Gasteiger partial charge < -0.3 is 10.4 Å². The lowest BCUT2D eigenvalue weighted by Crippen LogP contribution is -2.12. The van der Waals surface area contributed by atoms with Crippen molar-refractivity contribution in [2.45, 2.75) is 13.0 Å². The summed E-state index contributed by atoms with van der Waals surface area (Å²) in [6.45, 7) is 1.94. The summed E-state index contributed by atoms with van der Waals surface area (Å²) in [5, 5.41) is 24.4. The second-order valence-electron chi connectivity index (χ2n) is 4.68. The highest BCUT2D eigenvalue weighted by Crippen LogP contribution is 2.25. The standard InChI is InChI=1S/C15H15ClN2O3/c1-10-8-11(6-7-14(10)18(20)21)17-9-15(19)12-4-2-3-5-13(12)16/h2-8,15,17,19H,9H2,1H3. The van der Waals surface area contributed by atoms with E-state index in [2.05, 4.69) is 5.32 Å². The number of rotatable bonds is 5. The molecular weight excluding hydrogens is 292 g/mol. The van der Waals surface area contributed by atoms with Crippen molar-refractivity contribution in [3.8, 4) is 0 Å². The van der Waals surface area contributed by atoms with Gasteiger partial charge in [0.15, 0.2) is 0 Å². The van der Waals surface area contributed by atoms with Gasteiger partial charge in [-0.2, -0.15) is 0 Å². The molecule has 6 heteroatoms. The smallest absolute Gasteiger partial charge is 0.272 e. The van der Waals surface area contributed by atoms with Gasteiger partial charge in [-0.05, 0) is 25.1 Å². The lowest BCUT2D eigenvalue weighted by molar-refractivity contribution is -0.385. The molecule has 0 radical (unpaired) electrons. The maximum atomic E-state index is 10.8. The van der Waals surface area contributed by atoms with Crippen LogP contribution in [0.25, 0.3) is 0 Å². The van der Waals surface area contributed by atoms with E-state index in [1.54, 1.807) is 43.3 Å². The predicted molar refractivity (Wildman–Crippen MR) is 82.7 cm³/mol. The van der Waals surface area contributed by atoms with E-state index in [9.17, 15) is 15.2 Å². The topological polar surface area (TPSA) is 75.4 Å². The maximum Gasteiger partial charge on any atom is 0.272 e. The molecule has 21 heavy (non-hydrogen) atoms. The Hall–Kier alpha value is -2.11. The van der Waals surface area contributed by atoms with Gasteiger partial charge in [0.1, 0.15) is 0 Å². The third kappa shape index (κ3) is 3.71. The van der Waals surface area contributed by atoms with E-state index in [0.717, 1.165) is 0 Å². The summed E-state index contributed by atoms with van der Waals surface area (Å²) >= 11 is 6.02. The fraction of sp³-hybridized carbons (Fsp3) is 0.200. The Labute approximate surface area is 127 Å². The van der Waals surface area contributed by atoms with Crippen LogP contribution < -0.4 is 5.32 Å². The lowest BCUT2D eigenvalue weighted by atomic mass is 10.1. The number of aliphatic hydroxyl groups is 1. The molecule has 0 aliphatic carbocycles. The number of hydrogen-bond donors (Lipinski definition) is 2. The molecule has 2 aromatic carbocycles. The Morgan fingerprint density at radius 3 is 2.67 bits per heavy atom. The van der Waals surface area contributed by atoms with Crippen molar-refractivity contribution >= 4 is 23.0 Å². The van der Waals surface area contributed by atoms with Crippen molar-refractivity contribution in [1.29, 1.82) is 0 Å². The third-order valence-electron chi connectivity index (χ3n) is 3.16. The van der Waals surface area contributed by atoms with Crippen LogP contribution in [0.4, 0.5) is 11.4 Å². The highest BCUT2D eigenvalue weighted by molar-refractivity contribution is 6.31. The van der Waals surface area contributed by atoms with Gasteiger partial charge in [-0.3, -0.25) is 10.1 Å². The van der Waals surface area contributed by atoms with Gasteiger partial charge in [0.2, 0.25) is 0 Å². The van der Waals surface area contributed by atoms with Crippen molar-refractivity contribution in [2.24, 2.45) is 0 Å². The molecule has 0 aliphatic rings. The molecule has 0 bridgehead atoms. The molecule has 1 atom stereocenters. The Bertz CT molecular complexity index is 661. The number of halogens is 1. The predicted octanol–water partition coefficient (Wildman–Crippen LogP) is 3.70. The summed E-state index contributed by atoms with van der Waals surface area (Å²) in [5.41, 5.74) is 2.00. The first-order valence-corrected chi connectivity index (χ1v) is 6.78. The molecule has 2 N–H and O–H groups in total. The van der Waals surface area contributed by atoms with Gasteiger partial charge >= 0.3 is 0 Å². The van der Waals surface area contributed by atoms with Gasteiger partial charge in [0.25, 0.3) is 5.69 Å². The number of anilines is 1. The SMILES string of the molecule is Cc1cc(NCC(O)c2ccccc2Cl)ccc1[N+](=O)[O-]. The summed E-state index contributed by atoms with van der Waals surface area (Å²) in [4.78, 5) is 10.3. The zero-order valence-electron chi connectivity index (χ0n) is 11.4. The van der Waals surface area contributed by atoms with Crippen molar-refractivity contribution in [3.63, 3.8) is 0 Å². The van der Waals surface area contributed by atoms with E-state index in [4.69, 9.17) is 11.6 Å². The number of aryl methyl sites for hydroxylation is 1. The first-order chi connectivity index (χ1) is 9.99. The Morgan fingerprint density at radius 2 is 2.05 bits per heavy atom. The molecule has 0 saturated heterocycles. The van der Waals surface area contributed by atoms with Crippen molar-refractivity contribution in [2.75, 3.05) is 11.9 Å². The molecule has 0 heterocycles. The molecule has 0 saturated carbocycles. The molecule has 2 rings (SSSR count). The lowest BCUT2D eigenvalue weighted by Gasteiger charge is -2.14. The van der Waals surface area contributed by atoms with Gasteiger partial charge in [-0.1, -0.05) is 29.8 Å². The van der Waals surface area contributed by atoms with Crippen LogP contribution in [0.15, 0.2) is 42.5 Å². The minimum atomic E-state index is -0.755. The molecule has 2 aromatic rings. The molecule has 0 spiro atoms. The molecular formula is C15H15ClN2O3. The van der Waals surface area contributed by atoms with Crippen molar-refractivity contribution in [3.05, 3.63) is 68.7 Å². The van der Waals surface area contributed by atoms with Crippen LogP contribution in [0.3, 0.4) is 0 Å². The normalized spacial score (nSPS) is 12.0. The molecule has 0 aromatic heterocycles. The van der Waals surface area contributed by atoms with Crippen LogP contribution in [0.5, 0.6) is 0 Å². The molecule has 0 aliphatic heterocycles. The average Bonchev–Trinajstić information content (AvgIpc) is 2.45. The zero-order chi connectivity index (χ0) is 15.4. The van der Waals surface area contributed by atoms with Crippen LogP contribution in [-0.2, 0) is 0 Å². The van der Waals surface area contributed by atoms with E-state index >= 15 is 0 Å². The quantitative estimate of drug-likeness (QED) is 0.652. The minimum absolute atomic E-state index is 0.0761. The first-order valence-electron chi connectivity index (χ1n) is 6.40. The van der Waals surface area contributed by atoms with Gasteiger partial charge in [-0.25, -0.2) is 0 Å². The summed E-state index contributed by atoms with van der Waals surface area (Å²) in [5.74, 6) is 0. The Morgan fingerprint density at radius 1 is 1.33 bits per heavy atom. The Kier molecular flexibility index (Phi) is 4.77. The van der Waals surface area contributed by atoms with Crippen LogP contribution in [0.1, 0.15) is 17.2 Å². The number of nitro benzene ring substituents is 1. The van der Waals surface area contributed by atoms with Gasteiger partial charge in [0.05, 0.1) is 11.0 Å². The van der Waals surface area contributed by atoms with E-state index < -0.39 is 11.0 Å². The third-order valence-corrected chi connectivity index (χ3v) is 3.50. The number of aliphatic hydroxyl groups excluding tert-OH is 1. The van der Waals surface area contributed by atoms with Crippen molar-refractivity contribution < 1.29 is 10.0 Å². The summed E-state index contributed by atoms with van der Waals surface area (Å²) in [6.07, 6.45) is -0.755. The number of nitro groups is 1. The molecule has 110 valence electrons. The monoisotopic (exact) mass is 306 g/mol. The Balaban J connectivity index is 2.05. The molecule has 1 unspecified atom stereocenters. The minimum Gasteiger partial charge on any atom is -0.387 e. The van der Waals surface area contributed by atoms with Crippen LogP contribution in [0.2, 0.25) is 5.02 Å². The number of hydrogen-bond acceptors (Lipinski definition) is 4. The molecule has 0 amide bonds. The second-order valence-corrected chi connectivity index (χ2v) is 5.08. The fourth-order valence-corrected chi connectivity index (χ4v) is 2.30. The van der Waals surface area contributed by atoms with Gasteiger partial charge in [-0.15, -0.1) is 0 Å². The molecule has 5 nitrogen and oxygen atoms in total. The highest BCUT2D eigenvalue weighted by Gasteiger charge is 2.13. The summed E-state index contributed by atoms with van der Waals surface area (Å²) in [6, 6.07) is 11.8. The van der Waals surface area contributed by atoms with Crippen LogP contribution >= 0.6 is 11.6 Å². The maximum absolute atomic E-state index is 10.8. The number of nitrogens with one attached hydrogen (secondary N) is 1. The van der Waals surface area contributed by atoms with E-state index in [1.165, 1.54) is 6.07 Å². The summed E-state index contributed by atoms with van der Waals surface area (Å²) < 4.78 is 0.